The molecule has 0 spiro atoms. The van der Waals surface area contributed by atoms with Crippen LogP contribution in [0.3, 0.4) is 0 Å². The Morgan fingerprint density at radius 1 is 0.160 bits per heavy atom. The Bertz CT molecular complexity index is 520. The molecule has 0 aromatic carbocycles. The van der Waals surface area contributed by atoms with Crippen molar-refractivity contribution < 1.29 is 37.9 Å². The summed E-state index contributed by atoms with van der Waals surface area (Å²) in [5, 5.41) is 0. The van der Waals surface area contributed by atoms with E-state index in [1.54, 1.807) is 0 Å². The van der Waals surface area contributed by atoms with Gasteiger partial charge >= 0.3 is 0 Å². The first kappa shape index (κ1) is 49.7. The fraction of sp³-hybridized carbons (Fsp3) is 1.00. The molecule has 0 aromatic heterocycles. The quantitative estimate of drug-likeness (QED) is 0.0576. The number of rotatable bonds is 47. The first-order valence-electron chi connectivity index (χ1n) is 21.5. The molecule has 8 heteroatoms. The summed E-state index contributed by atoms with van der Waals surface area (Å²) in [6.07, 6.45) is 32.8. The maximum absolute atomic E-state index is 5.68. The van der Waals surface area contributed by atoms with Gasteiger partial charge in [-0.2, -0.15) is 0 Å². The molecule has 0 aromatic rings. The van der Waals surface area contributed by atoms with Crippen LogP contribution < -0.4 is 0 Å². The zero-order valence-corrected chi connectivity index (χ0v) is 33.6. The van der Waals surface area contributed by atoms with E-state index in [1.807, 2.05) is 0 Å². The van der Waals surface area contributed by atoms with Crippen LogP contribution in [0.25, 0.3) is 0 Å². The molecule has 0 amide bonds. The second kappa shape index (κ2) is 48.7. The maximum atomic E-state index is 5.68. The van der Waals surface area contributed by atoms with E-state index in [-0.39, 0.29) is 0 Å². The molecule has 0 heterocycles. The summed E-state index contributed by atoms with van der Waals surface area (Å²) >= 11 is 0. The molecule has 0 fully saturated rings. The molecule has 0 atom stereocenters. The zero-order valence-electron chi connectivity index (χ0n) is 33.6. The normalized spacial score (nSPS) is 11.6. The van der Waals surface area contributed by atoms with Crippen LogP contribution in [0, 0.1) is 0 Å². The minimum Gasteiger partial charge on any atom is -0.379 e. The van der Waals surface area contributed by atoms with Crippen molar-refractivity contribution in [1.82, 2.24) is 0 Å². The van der Waals surface area contributed by atoms with E-state index in [2.05, 4.69) is 13.8 Å². The summed E-state index contributed by atoms with van der Waals surface area (Å²) in [7, 11) is 0. The first-order valence-corrected chi connectivity index (χ1v) is 21.5. The predicted molar refractivity (Wildman–Crippen MR) is 209 cm³/mol. The number of unbranched alkanes of at least 4 members (excludes halogenated alkanes) is 22. The summed E-state index contributed by atoms with van der Waals surface area (Å²) in [5.74, 6) is 0. The van der Waals surface area contributed by atoms with Gasteiger partial charge in [0.2, 0.25) is 0 Å². The van der Waals surface area contributed by atoms with E-state index in [9.17, 15) is 0 Å². The van der Waals surface area contributed by atoms with Crippen molar-refractivity contribution in [2.45, 2.75) is 168 Å². The van der Waals surface area contributed by atoms with Crippen molar-refractivity contribution in [3.63, 3.8) is 0 Å². The highest BCUT2D eigenvalue weighted by molar-refractivity contribution is 4.50. The highest BCUT2D eigenvalue weighted by atomic mass is 16.6. The largest absolute Gasteiger partial charge is 0.379 e. The maximum Gasteiger partial charge on any atom is 0.0701 e. The molecule has 0 saturated carbocycles. The van der Waals surface area contributed by atoms with Gasteiger partial charge in [-0.25, -0.2) is 0 Å². The van der Waals surface area contributed by atoms with Crippen LogP contribution >= 0.6 is 0 Å². The van der Waals surface area contributed by atoms with Gasteiger partial charge in [-0.1, -0.05) is 155 Å². The topological polar surface area (TPSA) is 73.8 Å². The highest BCUT2D eigenvalue weighted by Crippen LogP contribution is 2.13. The van der Waals surface area contributed by atoms with Crippen molar-refractivity contribution in [3.8, 4) is 0 Å². The fourth-order valence-electron chi connectivity index (χ4n) is 5.73. The Morgan fingerprint density at radius 2 is 0.300 bits per heavy atom. The van der Waals surface area contributed by atoms with Gasteiger partial charge in [-0.05, 0) is 12.8 Å². The fourth-order valence-corrected chi connectivity index (χ4v) is 5.73. The minimum absolute atomic E-state index is 0.554. The molecule has 50 heavy (non-hydrogen) atoms. The van der Waals surface area contributed by atoms with E-state index < -0.39 is 0 Å². The molecule has 0 bridgehead atoms. The van der Waals surface area contributed by atoms with E-state index in [4.69, 9.17) is 37.9 Å². The third-order valence-corrected chi connectivity index (χ3v) is 8.89. The van der Waals surface area contributed by atoms with Crippen molar-refractivity contribution in [1.29, 1.82) is 0 Å². The van der Waals surface area contributed by atoms with E-state index in [1.165, 1.54) is 141 Å². The van der Waals surface area contributed by atoms with Crippen molar-refractivity contribution >= 4 is 0 Å². The SMILES string of the molecule is CCCCCCCCCCCCCCCOCCOCCOCCOCCOCCOCCOCCOCCCCCCCCCCCCC. The molecule has 302 valence electrons. The van der Waals surface area contributed by atoms with Crippen molar-refractivity contribution in [3.05, 3.63) is 0 Å². The van der Waals surface area contributed by atoms with E-state index >= 15 is 0 Å². The highest BCUT2D eigenvalue weighted by Gasteiger charge is 1.98. The van der Waals surface area contributed by atoms with E-state index in [0.717, 1.165) is 26.1 Å². The Morgan fingerprint density at radius 3 is 0.480 bits per heavy atom. The molecule has 0 radical (unpaired) electrons. The second-order valence-corrected chi connectivity index (χ2v) is 13.7. The molecule has 0 aliphatic heterocycles. The summed E-state index contributed by atoms with van der Waals surface area (Å²) in [6, 6.07) is 0. The molecule has 0 aliphatic rings. The molecular formula is C42H86O8. The van der Waals surface area contributed by atoms with Gasteiger partial charge in [0.25, 0.3) is 0 Å². The lowest BCUT2D eigenvalue weighted by Gasteiger charge is -2.09. The molecule has 0 rings (SSSR count). The molecule has 0 N–H and O–H groups in total. The second-order valence-electron chi connectivity index (χ2n) is 13.7. The minimum atomic E-state index is 0.554. The Hall–Kier alpha value is -0.320. The molecule has 0 saturated heterocycles. The van der Waals surface area contributed by atoms with Crippen molar-refractivity contribution in [2.75, 3.05) is 106 Å². The summed E-state index contributed by atoms with van der Waals surface area (Å²) in [5.41, 5.74) is 0. The molecular weight excluding hydrogens is 632 g/mol. The Balaban J connectivity index is 3.04. The van der Waals surface area contributed by atoms with Crippen LogP contribution in [-0.4, -0.2) is 106 Å². The van der Waals surface area contributed by atoms with Crippen LogP contribution in [-0.2, 0) is 37.9 Å². The van der Waals surface area contributed by atoms with Crippen LogP contribution in [0.5, 0.6) is 0 Å². The Labute approximate surface area is 311 Å². The monoisotopic (exact) mass is 719 g/mol. The van der Waals surface area contributed by atoms with Gasteiger partial charge in [0.15, 0.2) is 0 Å². The van der Waals surface area contributed by atoms with Gasteiger partial charge in [-0.15, -0.1) is 0 Å². The van der Waals surface area contributed by atoms with Gasteiger partial charge < -0.3 is 37.9 Å². The number of hydrogen-bond donors (Lipinski definition) is 0. The molecule has 0 unspecified atom stereocenters. The lowest BCUT2D eigenvalue weighted by molar-refractivity contribution is -0.0232. The summed E-state index contributed by atoms with van der Waals surface area (Å²) in [6.45, 7) is 14.5. The zero-order chi connectivity index (χ0) is 35.9. The third kappa shape index (κ3) is 47.7. The molecule has 8 nitrogen and oxygen atoms in total. The van der Waals surface area contributed by atoms with Crippen LogP contribution in [0.1, 0.15) is 168 Å². The lowest BCUT2D eigenvalue weighted by atomic mass is 10.0. The standard InChI is InChI=1S/C42H86O8/c1-3-5-7-9-11-13-15-16-18-20-22-24-26-28-44-30-32-46-34-36-48-38-40-50-42-41-49-39-37-47-35-33-45-31-29-43-27-25-23-21-19-17-14-12-10-8-6-4-2/h3-42H2,1-2H3. The summed E-state index contributed by atoms with van der Waals surface area (Å²) in [4.78, 5) is 0. The van der Waals surface area contributed by atoms with Crippen LogP contribution in [0.15, 0.2) is 0 Å². The molecule has 0 aliphatic carbocycles. The average molecular weight is 719 g/mol. The van der Waals surface area contributed by atoms with Crippen molar-refractivity contribution in [2.24, 2.45) is 0 Å². The van der Waals surface area contributed by atoms with Gasteiger partial charge in [-0.3, -0.25) is 0 Å². The van der Waals surface area contributed by atoms with Gasteiger partial charge in [0.1, 0.15) is 0 Å². The van der Waals surface area contributed by atoms with Gasteiger partial charge in [0.05, 0.1) is 92.5 Å². The smallest absolute Gasteiger partial charge is 0.0701 e. The predicted octanol–water partition coefficient (Wildman–Crippen LogP) is 10.5. The van der Waals surface area contributed by atoms with Gasteiger partial charge in [0, 0.05) is 13.2 Å². The lowest BCUT2D eigenvalue weighted by Crippen LogP contribution is -2.15. The van der Waals surface area contributed by atoms with Crippen LogP contribution in [0.2, 0.25) is 0 Å². The number of ether oxygens (including phenoxy) is 8. The third-order valence-electron chi connectivity index (χ3n) is 8.89. The average Bonchev–Trinajstić information content (AvgIpc) is 3.13. The Kier molecular flexibility index (Phi) is 48.4. The first-order chi connectivity index (χ1) is 24.9. The van der Waals surface area contributed by atoms with Crippen LogP contribution in [0.4, 0.5) is 0 Å². The van der Waals surface area contributed by atoms with E-state index in [0.29, 0.717) is 92.5 Å². The summed E-state index contributed by atoms with van der Waals surface area (Å²) < 4.78 is 44.7. The number of hydrogen-bond acceptors (Lipinski definition) is 8.